The summed E-state index contributed by atoms with van der Waals surface area (Å²) in [7, 11) is 3.37. The van der Waals surface area contributed by atoms with Crippen molar-refractivity contribution < 1.29 is 9.53 Å². The van der Waals surface area contributed by atoms with Crippen LogP contribution in [0.2, 0.25) is 0 Å². The number of carbonyl (C=O) groups excluding carboxylic acids is 1. The molecular weight excluding hydrogens is 196 g/mol. The number of hydrogen-bond acceptors (Lipinski definition) is 4. The monoisotopic (exact) mass is 212 g/mol. The van der Waals surface area contributed by atoms with Crippen molar-refractivity contribution >= 4 is 5.91 Å². The Morgan fingerprint density at radius 2 is 2.53 bits per heavy atom. The second-order valence-electron chi connectivity index (χ2n) is 3.23. The molecule has 0 bridgehead atoms. The highest BCUT2D eigenvalue weighted by Gasteiger charge is 2.12. The number of hydrogen-bond donors (Lipinski definition) is 2. The highest BCUT2D eigenvalue weighted by atomic mass is 16.5. The molecule has 0 spiro atoms. The van der Waals surface area contributed by atoms with Gasteiger partial charge in [-0.25, -0.2) is 4.98 Å². The molecule has 1 rings (SSSR count). The van der Waals surface area contributed by atoms with E-state index in [0.29, 0.717) is 6.54 Å². The molecule has 1 aromatic heterocycles. The number of aryl methyl sites for hydroxylation is 1. The molecule has 84 valence electrons. The van der Waals surface area contributed by atoms with Crippen molar-refractivity contribution in [3.63, 3.8) is 0 Å². The van der Waals surface area contributed by atoms with Crippen LogP contribution in [-0.2, 0) is 23.1 Å². The minimum atomic E-state index is -0.629. The highest BCUT2D eigenvalue weighted by Crippen LogP contribution is 1.93. The van der Waals surface area contributed by atoms with E-state index in [0.717, 1.165) is 5.82 Å². The van der Waals surface area contributed by atoms with Crippen molar-refractivity contribution in [2.24, 2.45) is 12.8 Å². The van der Waals surface area contributed by atoms with E-state index >= 15 is 0 Å². The average Bonchev–Trinajstić information content (AvgIpc) is 2.61. The first-order chi connectivity index (χ1) is 7.15. The van der Waals surface area contributed by atoms with Gasteiger partial charge in [0.1, 0.15) is 11.9 Å². The molecule has 0 fully saturated rings. The van der Waals surface area contributed by atoms with Crippen LogP contribution in [0.15, 0.2) is 12.4 Å². The maximum Gasteiger partial charge on any atom is 0.239 e. The fourth-order valence-corrected chi connectivity index (χ4v) is 1.12. The Hall–Kier alpha value is -1.40. The van der Waals surface area contributed by atoms with Crippen LogP contribution in [0.3, 0.4) is 0 Å². The lowest BCUT2D eigenvalue weighted by molar-refractivity contribution is -0.123. The maximum atomic E-state index is 11.4. The highest BCUT2D eigenvalue weighted by molar-refractivity contribution is 5.81. The van der Waals surface area contributed by atoms with E-state index in [1.54, 1.807) is 6.20 Å². The van der Waals surface area contributed by atoms with Gasteiger partial charge in [0.25, 0.3) is 0 Å². The molecule has 0 radical (unpaired) electrons. The Morgan fingerprint density at radius 1 is 1.80 bits per heavy atom. The SMILES string of the molecule is COCC(N)C(=O)NCc1nccn1C. The number of carbonyl (C=O) groups is 1. The van der Waals surface area contributed by atoms with Crippen LogP contribution >= 0.6 is 0 Å². The van der Waals surface area contributed by atoms with Gasteiger partial charge in [0, 0.05) is 26.6 Å². The number of ether oxygens (including phenoxy) is 1. The molecule has 1 heterocycles. The first-order valence-electron chi connectivity index (χ1n) is 4.63. The summed E-state index contributed by atoms with van der Waals surface area (Å²) in [4.78, 5) is 15.5. The summed E-state index contributed by atoms with van der Waals surface area (Å²) in [5.41, 5.74) is 5.54. The number of nitrogens with one attached hydrogen (secondary N) is 1. The molecular formula is C9H16N4O2. The molecule has 0 aliphatic rings. The van der Waals surface area contributed by atoms with Crippen molar-refractivity contribution in [3.8, 4) is 0 Å². The topological polar surface area (TPSA) is 82.2 Å². The molecule has 0 saturated heterocycles. The molecule has 0 aliphatic carbocycles. The predicted octanol–water partition coefficient (Wildman–Crippen LogP) is -0.990. The van der Waals surface area contributed by atoms with E-state index in [4.69, 9.17) is 10.5 Å². The fourth-order valence-electron chi connectivity index (χ4n) is 1.12. The Balaban J connectivity index is 2.37. The van der Waals surface area contributed by atoms with Gasteiger partial charge in [-0.3, -0.25) is 4.79 Å². The van der Waals surface area contributed by atoms with Crippen molar-refractivity contribution in [3.05, 3.63) is 18.2 Å². The van der Waals surface area contributed by atoms with Crippen LogP contribution in [-0.4, -0.2) is 35.2 Å². The number of aromatic nitrogens is 2. The van der Waals surface area contributed by atoms with Crippen LogP contribution in [0, 0.1) is 0 Å². The summed E-state index contributed by atoms with van der Waals surface area (Å²) < 4.78 is 6.61. The van der Waals surface area contributed by atoms with Crippen LogP contribution in [0.4, 0.5) is 0 Å². The first kappa shape index (κ1) is 11.7. The van der Waals surface area contributed by atoms with Gasteiger partial charge in [0.05, 0.1) is 13.2 Å². The van der Waals surface area contributed by atoms with E-state index in [1.807, 2.05) is 17.8 Å². The average molecular weight is 212 g/mol. The molecule has 6 nitrogen and oxygen atoms in total. The number of amides is 1. The third-order valence-electron chi connectivity index (χ3n) is 2.02. The Morgan fingerprint density at radius 3 is 3.07 bits per heavy atom. The maximum absolute atomic E-state index is 11.4. The summed E-state index contributed by atoms with van der Waals surface area (Å²) in [6, 6.07) is -0.629. The Kier molecular flexibility index (Phi) is 4.26. The molecule has 1 amide bonds. The second-order valence-corrected chi connectivity index (χ2v) is 3.23. The van der Waals surface area contributed by atoms with Crippen LogP contribution < -0.4 is 11.1 Å². The van der Waals surface area contributed by atoms with Gasteiger partial charge >= 0.3 is 0 Å². The lowest BCUT2D eigenvalue weighted by Gasteiger charge is -2.10. The van der Waals surface area contributed by atoms with Crippen molar-refractivity contribution in [1.82, 2.24) is 14.9 Å². The number of methoxy groups -OCH3 is 1. The normalized spacial score (nSPS) is 12.5. The molecule has 0 aromatic carbocycles. The van der Waals surface area contributed by atoms with Crippen molar-refractivity contribution in [2.75, 3.05) is 13.7 Å². The predicted molar refractivity (Wildman–Crippen MR) is 54.9 cm³/mol. The van der Waals surface area contributed by atoms with E-state index in [9.17, 15) is 4.79 Å². The van der Waals surface area contributed by atoms with Gasteiger partial charge in [-0.05, 0) is 0 Å². The quantitative estimate of drug-likeness (QED) is 0.656. The lowest BCUT2D eigenvalue weighted by Crippen LogP contribution is -2.43. The van der Waals surface area contributed by atoms with Gasteiger partial charge < -0.3 is 20.4 Å². The zero-order valence-corrected chi connectivity index (χ0v) is 8.93. The van der Waals surface area contributed by atoms with Crippen LogP contribution in [0.1, 0.15) is 5.82 Å². The van der Waals surface area contributed by atoms with Gasteiger partial charge in [-0.15, -0.1) is 0 Å². The lowest BCUT2D eigenvalue weighted by atomic mass is 10.3. The zero-order valence-electron chi connectivity index (χ0n) is 8.93. The molecule has 1 unspecified atom stereocenters. The number of nitrogens with two attached hydrogens (primary N) is 1. The number of imidazole rings is 1. The summed E-state index contributed by atoms with van der Waals surface area (Å²) in [5.74, 6) is 0.549. The summed E-state index contributed by atoms with van der Waals surface area (Å²) in [6.45, 7) is 0.589. The first-order valence-corrected chi connectivity index (χ1v) is 4.63. The van der Waals surface area contributed by atoms with E-state index in [-0.39, 0.29) is 12.5 Å². The molecule has 0 aliphatic heterocycles. The molecule has 15 heavy (non-hydrogen) atoms. The van der Waals surface area contributed by atoms with Gasteiger partial charge in [0.15, 0.2) is 0 Å². The van der Waals surface area contributed by atoms with E-state index < -0.39 is 6.04 Å². The Labute approximate surface area is 88.4 Å². The third kappa shape index (κ3) is 3.34. The Bertz CT molecular complexity index is 324. The smallest absolute Gasteiger partial charge is 0.239 e. The minimum Gasteiger partial charge on any atom is -0.383 e. The summed E-state index contributed by atoms with van der Waals surface area (Å²) in [6.07, 6.45) is 3.49. The third-order valence-corrected chi connectivity index (χ3v) is 2.02. The molecule has 3 N–H and O–H groups in total. The van der Waals surface area contributed by atoms with Gasteiger partial charge in [-0.1, -0.05) is 0 Å². The minimum absolute atomic E-state index is 0.215. The molecule has 6 heteroatoms. The molecule has 0 saturated carbocycles. The molecule has 1 aromatic rings. The number of nitrogens with zero attached hydrogens (tertiary/aromatic N) is 2. The molecule has 1 atom stereocenters. The number of rotatable bonds is 5. The largest absolute Gasteiger partial charge is 0.383 e. The van der Waals surface area contributed by atoms with Gasteiger partial charge in [0.2, 0.25) is 5.91 Å². The second kappa shape index (κ2) is 5.47. The van der Waals surface area contributed by atoms with Crippen molar-refractivity contribution in [2.45, 2.75) is 12.6 Å². The van der Waals surface area contributed by atoms with E-state index in [1.165, 1.54) is 7.11 Å². The van der Waals surface area contributed by atoms with Crippen LogP contribution in [0.5, 0.6) is 0 Å². The van der Waals surface area contributed by atoms with Crippen LogP contribution in [0.25, 0.3) is 0 Å². The van der Waals surface area contributed by atoms with Gasteiger partial charge in [-0.2, -0.15) is 0 Å². The standard InChI is InChI=1S/C9H16N4O2/c1-13-4-3-11-8(13)5-12-9(14)7(10)6-15-2/h3-4,7H,5-6,10H2,1-2H3,(H,12,14). The summed E-state index contributed by atoms with van der Waals surface area (Å²) >= 11 is 0. The van der Waals surface area contributed by atoms with E-state index in [2.05, 4.69) is 10.3 Å². The fraction of sp³-hybridized carbons (Fsp3) is 0.556. The summed E-state index contributed by atoms with van der Waals surface area (Å²) in [5, 5.41) is 2.68. The van der Waals surface area contributed by atoms with Crippen molar-refractivity contribution in [1.29, 1.82) is 0 Å². The zero-order chi connectivity index (χ0) is 11.3.